The first kappa shape index (κ1) is 13.8. The molecule has 0 aliphatic rings. The SMILES string of the molecule is COc1cccc(-c2nnnn2Cc2ccccc2C#N)c1. The fraction of sp³-hybridized carbons (Fsp3) is 0.125. The molecule has 0 amide bonds. The van der Waals surface area contributed by atoms with Crippen molar-refractivity contribution in [2.24, 2.45) is 0 Å². The number of tetrazole rings is 1. The molecule has 0 atom stereocenters. The molecule has 1 aromatic heterocycles. The van der Waals surface area contributed by atoms with Crippen LogP contribution in [0.2, 0.25) is 0 Å². The van der Waals surface area contributed by atoms with Crippen molar-refractivity contribution in [3.05, 3.63) is 59.7 Å². The number of nitriles is 1. The van der Waals surface area contributed by atoms with Gasteiger partial charge in [-0.2, -0.15) is 5.26 Å². The van der Waals surface area contributed by atoms with Crippen molar-refractivity contribution in [1.82, 2.24) is 20.2 Å². The van der Waals surface area contributed by atoms with E-state index in [4.69, 9.17) is 4.74 Å². The number of hydrogen-bond donors (Lipinski definition) is 0. The molecular formula is C16H13N5O. The van der Waals surface area contributed by atoms with Crippen LogP contribution in [0.15, 0.2) is 48.5 Å². The molecule has 1 heterocycles. The van der Waals surface area contributed by atoms with E-state index in [1.165, 1.54) is 0 Å². The quantitative estimate of drug-likeness (QED) is 0.737. The normalized spacial score (nSPS) is 10.2. The van der Waals surface area contributed by atoms with Gasteiger partial charge in [0.1, 0.15) is 5.75 Å². The van der Waals surface area contributed by atoms with Crippen LogP contribution in [0.4, 0.5) is 0 Å². The van der Waals surface area contributed by atoms with Crippen molar-refractivity contribution < 1.29 is 4.74 Å². The summed E-state index contributed by atoms with van der Waals surface area (Å²) in [7, 11) is 1.62. The Kier molecular flexibility index (Phi) is 3.79. The maximum atomic E-state index is 9.17. The number of hydrogen-bond acceptors (Lipinski definition) is 5. The summed E-state index contributed by atoms with van der Waals surface area (Å²) >= 11 is 0. The van der Waals surface area contributed by atoms with Gasteiger partial charge < -0.3 is 4.74 Å². The van der Waals surface area contributed by atoms with E-state index in [9.17, 15) is 5.26 Å². The minimum atomic E-state index is 0.434. The lowest BCUT2D eigenvalue weighted by molar-refractivity contribution is 0.415. The summed E-state index contributed by atoms with van der Waals surface area (Å²) in [6.45, 7) is 0.434. The first-order valence-electron chi connectivity index (χ1n) is 6.70. The molecule has 6 nitrogen and oxygen atoms in total. The molecule has 0 saturated heterocycles. The predicted molar refractivity (Wildman–Crippen MR) is 80.1 cm³/mol. The number of aromatic nitrogens is 4. The van der Waals surface area contributed by atoms with Gasteiger partial charge in [0.2, 0.25) is 0 Å². The van der Waals surface area contributed by atoms with Crippen molar-refractivity contribution in [1.29, 1.82) is 5.26 Å². The van der Waals surface area contributed by atoms with Crippen molar-refractivity contribution in [2.45, 2.75) is 6.54 Å². The lowest BCUT2D eigenvalue weighted by Crippen LogP contribution is -2.06. The summed E-state index contributed by atoms with van der Waals surface area (Å²) in [6.07, 6.45) is 0. The van der Waals surface area contributed by atoms with E-state index in [1.54, 1.807) is 17.9 Å². The fourth-order valence-corrected chi connectivity index (χ4v) is 2.21. The monoisotopic (exact) mass is 291 g/mol. The van der Waals surface area contributed by atoms with Crippen molar-refractivity contribution in [3.63, 3.8) is 0 Å². The highest BCUT2D eigenvalue weighted by molar-refractivity contribution is 5.57. The Morgan fingerprint density at radius 3 is 2.86 bits per heavy atom. The number of nitrogens with zero attached hydrogens (tertiary/aromatic N) is 5. The fourth-order valence-electron chi connectivity index (χ4n) is 2.21. The van der Waals surface area contributed by atoms with E-state index in [0.717, 1.165) is 16.9 Å². The summed E-state index contributed by atoms with van der Waals surface area (Å²) in [6, 6.07) is 17.1. The summed E-state index contributed by atoms with van der Waals surface area (Å²) in [5.74, 6) is 1.37. The number of ether oxygens (including phenoxy) is 1. The predicted octanol–water partition coefficient (Wildman–Crippen LogP) is 2.27. The van der Waals surface area contributed by atoms with Crippen LogP contribution in [-0.4, -0.2) is 27.3 Å². The molecule has 3 aromatic rings. The zero-order valence-corrected chi connectivity index (χ0v) is 12.0. The minimum Gasteiger partial charge on any atom is -0.497 e. The van der Waals surface area contributed by atoms with E-state index in [2.05, 4.69) is 21.6 Å². The van der Waals surface area contributed by atoms with Gasteiger partial charge in [-0.25, -0.2) is 4.68 Å². The van der Waals surface area contributed by atoms with Gasteiger partial charge in [-0.3, -0.25) is 0 Å². The van der Waals surface area contributed by atoms with Crippen LogP contribution in [0, 0.1) is 11.3 Å². The molecule has 0 unspecified atom stereocenters. The van der Waals surface area contributed by atoms with Gasteiger partial charge in [0.25, 0.3) is 0 Å². The minimum absolute atomic E-state index is 0.434. The first-order valence-corrected chi connectivity index (χ1v) is 6.70. The molecule has 0 saturated carbocycles. The van der Waals surface area contributed by atoms with Crippen LogP contribution in [0.5, 0.6) is 5.75 Å². The Balaban J connectivity index is 1.97. The second-order valence-electron chi connectivity index (χ2n) is 4.66. The molecular weight excluding hydrogens is 278 g/mol. The molecule has 0 spiro atoms. The molecule has 3 rings (SSSR count). The zero-order valence-electron chi connectivity index (χ0n) is 12.0. The topological polar surface area (TPSA) is 76.6 Å². The molecule has 0 fully saturated rings. The molecule has 0 aliphatic heterocycles. The van der Waals surface area contributed by atoms with Crippen LogP contribution in [0.3, 0.4) is 0 Å². The van der Waals surface area contributed by atoms with Crippen LogP contribution < -0.4 is 4.74 Å². The zero-order chi connectivity index (χ0) is 15.4. The van der Waals surface area contributed by atoms with Crippen LogP contribution in [-0.2, 0) is 6.54 Å². The van der Waals surface area contributed by atoms with Gasteiger partial charge in [0, 0.05) is 5.56 Å². The van der Waals surface area contributed by atoms with E-state index in [-0.39, 0.29) is 0 Å². The third-order valence-electron chi connectivity index (χ3n) is 3.32. The van der Waals surface area contributed by atoms with Gasteiger partial charge >= 0.3 is 0 Å². The third kappa shape index (κ3) is 2.65. The Bertz CT molecular complexity index is 834. The Labute approximate surface area is 127 Å². The lowest BCUT2D eigenvalue weighted by Gasteiger charge is -2.07. The number of rotatable bonds is 4. The molecule has 0 radical (unpaired) electrons. The molecule has 22 heavy (non-hydrogen) atoms. The summed E-state index contributed by atoms with van der Waals surface area (Å²) < 4.78 is 6.90. The smallest absolute Gasteiger partial charge is 0.182 e. The van der Waals surface area contributed by atoms with Gasteiger partial charge in [-0.05, 0) is 34.2 Å². The second-order valence-corrected chi connectivity index (χ2v) is 4.66. The molecule has 0 bridgehead atoms. The van der Waals surface area contributed by atoms with Crippen molar-refractivity contribution in [2.75, 3.05) is 7.11 Å². The van der Waals surface area contributed by atoms with Gasteiger partial charge in [0.05, 0.1) is 25.3 Å². The van der Waals surface area contributed by atoms with E-state index < -0.39 is 0 Å². The molecule has 108 valence electrons. The molecule has 0 N–H and O–H groups in total. The highest BCUT2D eigenvalue weighted by Gasteiger charge is 2.11. The van der Waals surface area contributed by atoms with E-state index in [1.807, 2.05) is 42.5 Å². The number of methoxy groups -OCH3 is 1. The van der Waals surface area contributed by atoms with Crippen molar-refractivity contribution in [3.8, 4) is 23.2 Å². The van der Waals surface area contributed by atoms with Gasteiger partial charge in [-0.15, -0.1) is 5.10 Å². The highest BCUT2D eigenvalue weighted by Crippen LogP contribution is 2.22. The van der Waals surface area contributed by atoms with Crippen molar-refractivity contribution >= 4 is 0 Å². The Hall–Kier alpha value is -3.20. The van der Waals surface area contributed by atoms with E-state index >= 15 is 0 Å². The maximum Gasteiger partial charge on any atom is 0.182 e. The average Bonchev–Trinajstić information content (AvgIpc) is 3.03. The molecule has 6 heteroatoms. The maximum absolute atomic E-state index is 9.17. The third-order valence-corrected chi connectivity index (χ3v) is 3.32. The van der Waals surface area contributed by atoms with Crippen LogP contribution in [0.25, 0.3) is 11.4 Å². The Morgan fingerprint density at radius 1 is 1.18 bits per heavy atom. The largest absolute Gasteiger partial charge is 0.497 e. The summed E-state index contributed by atoms with van der Waals surface area (Å²) in [5, 5.41) is 21.0. The van der Waals surface area contributed by atoms with E-state index in [0.29, 0.717) is 17.9 Å². The highest BCUT2D eigenvalue weighted by atomic mass is 16.5. The van der Waals surface area contributed by atoms with Crippen LogP contribution >= 0.6 is 0 Å². The standard InChI is InChI=1S/C16H13N5O/c1-22-15-8-4-7-12(9-15)16-18-19-20-21(16)11-14-6-3-2-5-13(14)10-17/h2-9H,11H2,1H3. The van der Waals surface area contributed by atoms with Gasteiger partial charge in [0.15, 0.2) is 5.82 Å². The summed E-state index contributed by atoms with van der Waals surface area (Å²) in [4.78, 5) is 0. The van der Waals surface area contributed by atoms with Crippen LogP contribution in [0.1, 0.15) is 11.1 Å². The lowest BCUT2D eigenvalue weighted by atomic mass is 10.1. The molecule has 0 aliphatic carbocycles. The summed E-state index contributed by atoms with van der Waals surface area (Å²) in [5.41, 5.74) is 2.36. The first-order chi connectivity index (χ1) is 10.8. The average molecular weight is 291 g/mol. The second kappa shape index (κ2) is 6.06. The Morgan fingerprint density at radius 2 is 2.05 bits per heavy atom. The number of benzene rings is 2. The molecule has 2 aromatic carbocycles. The van der Waals surface area contributed by atoms with Gasteiger partial charge in [-0.1, -0.05) is 30.3 Å².